The summed E-state index contributed by atoms with van der Waals surface area (Å²) in [6.07, 6.45) is 2.80. The maximum absolute atomic E-state index is 5.66. The van der Waals surface area contributed by atoms with Crippen molar-refractivity contribution in [2.75, 3.05) is 10.5 Å². The number of imidazole rings is 1. The molecule has 0 radical (unpaired) electrons. The standard InChI is InChI=1S/C20H20N4S2/c1-14(19-22-17-8-4-5-9-18(17)23-19)11-13-26(25)24-20-16-7-3-2-6-15(16)10-12-21-20/h2-10,12,14H,11,13H2,1H3,(H,21,24)(H,22,23). The average molecular weight is 381 g/mol. The Hall–Kier alpha value is -2.31. The van der Waals surface area contributed by atoms with Gasteiger partial charge in [-0.3, -0.25) is 0 Å². The van der Waals surface area contributed by atoms with Gasteiger partial charge in [-0.25, -0.2) is 9.97 Å². The zero-order chi connectivity index (χ0) is 17.9. The van der Waals surface area contributed by atoms with E-state index in [-0.39, 0.29) is 9.64 Å². The number of hydrogen-bond acceptors (Lipinski definition) is 3. The van der Waals surface area contributed by atoms with E-state index in [9.17, 15) is 0 Å². The number of benzene rings is 2. The maximum atomic E-state index is 5.66. The predicted molar refractivity (Wildman–Crippen MR) is 114 cm³/mol. The third-order valence-electron chi connectivity index (χ3n) is 4.49. The highest BCUT2D eigenvalue weighted by molar-refractivity contribution is 8.29. The number of pyridine rings is 1. The van der Waals surface area contributed by atoms with Gasteiger partial charge in [0.25, 0.3) is 0 Å². The van der Waals surface area contributed by atoms with Gasteiger partial charge in [-0.2, -0.15) is 0 Å². The summed E-state index contributed by atoms with van der Waals surface area (Å²) in [7, 11) is -0.360. The fourth-order valence-corrected chi connectivity index (χ4v) is 4.56. The SMILES string of the molecule is CC(CCS(=S)Nc1nccc2ccccc12)c1nc2ccccc2[nH]1. The number of para-hydroxylation sites is 2. The Morgan fingerprint density at radius 3 is 2.81 bits per heavy atom. The van der Waals surface area contributed by atoms with E-state index in [4.69, 9.17) is 16.2 Å². The van der Waals surface area contributed by atoms with Crippen LogP contribution in [0, 0.1) is 0 Å². The van der Waals surface area contributed by atoms with Gasteiger partial charge >= 0.3 is 0 Å². The highest BCUT2D eigenvalue weighted by atomic mass is 32.8. The Bertz CT molecular complexity index is 1040. The number of hydrogen-bond donors (Lipinski definition) is 2. The minimum Gasteiger partial charge on any atom is -0.342 e. The number of aromatic amines is 1. The lowest BCUT2D eigenvalue weighted by molar-refractivity contribution is 0.698. The van der Waals surface area contributed by atoms with E-state index in [1.54, 1.807) is 0 Å². The molecule has 4 rings (SSSR count). The van der Waals surface area contributed by atoms with Gasteiger partial charge < -0.3 is 9.71 Å². The highest BCUT2D eigenvalue weighted by Gasteiger charge is 2.12. The van der Waals surface area contributed by atoms with Crippen LogP contribution in [-0.4, -0.2) is 20.7 Å². The quantitative estimate of drug-likeness (QED) is 0.508. The number of aromatic nitrogens is 3. The summed E-state index contributed by atoms with van der Waals surface area (Å²) >= 11 is 5.66. The van der Waals surface area contributed by atoms with Crippen molar-refractivity contribution in [3.05, 3.63) is 66.6 Å². The van der Waals surface area contributed by atoms with Crippen molar-refractivity contribution >= 4 is 48.5 Å². The molecule has 4 aromatic rings. The second kappa shape index (κ2) is 7.51. The molecule has 0 saturated heterocycles. The average Bonchev–Trinajstić information content (AvgIpc) is 3.11. The Labute approximate surface area is 159 Å². The summed E-state index contributed by atoms with van der Waals surface area (Å²) in [5, 5.41) is 2.29. The van der Waals surface area contributed by atoms with Gasteiger partial charge in [-0.1, -0.05) is 43.3 Å². The van der Waals surface area contributed by atoms with Crippen molar-refractivity contribution in [2.24, 2.45) is 0 Å². The molecule has 2 N–H and O–H groups in total. The molecule has 132 valence electrons. The van der Waals surface area contributed by atoms with Gasteiger partial charge in [0.2, 0.25) is 0 Å². The first-order valence-corrected chi connectivity index (χ1v) is 11.0. The summed E-state index contributed by atoms with van der Waals surface area (Å²) in [5.74, 6) is 3.14. The van der Waals surface area contributed by atoms with E-state index in [2.05, 4.69) is 39.8 Å². The number of fused-ring (bicyclic) bond motifs is 2. The molecule has 2 heterocycles. The van der Waals surface area contributed by atoms with Crippen LogP contribution in [0.4, 0.5) is 5.82 Å². The van der Waals surface area contributed by atoms with Crippen LogP contribution >= 0.6 is 0 Å². The van der Waals surface area contributed by atoms with Crippen LogP contribution in [0.1, 0.15) is 25.1 Å². The van der Waals surface area contributed by atoms with E-state index in [0.717, 1.165) is 40.2 Å². The summed E-state index contributed by atoms with van der Waals surface area (Å²) in [4.78, 5) is 12.6. The fraction of sp³-hybridized carbons (Fsp3) is 0.200. The zero-order valence-corrected chi connectivity index (χ0v) is 16.1. The van der Waals surface area contributed by atoms with Gasteiger partial charge in [-0.05, 0) is 50.8 Å². The topological polar surface area (TPSA) is 53.6 Å². The predicted octanol–water partition coefficient (Wildman–Crippen LogP) is 4.71. The minimum absolute atomic E-state index is 0.336. The zero-order valence-electron chi connectivity index (χ0n) is 14.5. The molecule has 0 fully saturated rings. The van der Waals surface area contributed by atoms with Crippen molar-refractivity contribution in [1.29, 1.82) is 0 Å². The summed E-state index contributed by atoms with van der Waals surface area (Å²) < 4.78 is 3.42. The third-order valence-corrected chi connectivity index (χ3v) is 6.27. The van der Waals surface area contributed by atoms with E-state index in [0.29, 0.717) is 5.92 Å². The first-order valence-electron chi connectivity index (χ1n) is 8.64. The lowest BCUT2D eigenvalue weighted by atomic mass is 10.1. The lowest BCUT2D eigenvalue weighted by Gasteiger charge is -2.13. The van der Waals surface area contributed by atoms with Gasteiger partial charge in [0.1, 0.15) is 11.6 Å². The van der Waals surface area contributed by atoms with Crippen LogP contribution in [-0.2, 0) is 20.8 Å². The van der Waals surface area contributed by atoms with Crippen LogP contribution in [0.15, 0.2) is 60.8 Å². The third kappa shape index (κ3) is 3.61. The van der Waals surface area contributed by atoms with E-state index in [1.807, 2.05) is 42.6 Å². The molecule has 26 heavy (non-hydrogen) atoms. The molecule has 0 aliphatic rings. The van der Waals surface area contributed by atoms with Gasteiger partial charge in [-0.15, -0.1) is 0 Å². The second-order valence-electron chi connectivity index (χ2n) is 6.36. The van der Waals surface area contributed by atoms with Crippen molar-refractivity contribution in [1.82, 2.24) is 15.0 Å². The van der Waals surface area contributed by atoms with E-state index < -0.39 is 0 Å². The number of nitrogens with zero attached hydrogens (tertiary/aromatic N) is 2. The molecule has 0 aliphatic carbocycles. The summed E-state index contributed by atoms with van der Waals surface area (Å²) in [6.45, 7) is 2.19. The number of rotatable bonds is 6. The molecular formula is C20H20N4S2. The Morgan fingerprint density at radius 2 is 1.92 bits per heavy atom. The molecule has 2 atom stereocenters. The molecule has 6 heteroatoms. The van der Waals surface area contributed by atoms with E-state index >= 15 is 0 Å². The monoisotopic (exact) mass is 380 g/mol. The van der Waals surface area contributed by atoms with Crippen LogP contribution in [0.2, 0.25) is 0 Å². The molecule has 0 bridgehead atoms. The van der Waals surface area contributed by atoms with E-state index in [1.165, 1.54) is 5.39 Å². The Balaban J connectivity index is 1.41. The number of nitrogens with one attached hydrogen (secondary N) is 2. The van der Waals surface area contributed by atoms with Gasteiger partial charge in [0, 0.05) is 23.3 Å². The van der Waals surface area contributed by atoms with Crippen molar-refractivity contribution in [3.63, 3.8) is 0 Å². The smallest absolute Gasteiger partial charge is 0.143 e. The van der Waals surface area contributed by atoms with Crippen molar-refractivity contribution in [2.45, 2.75) is 19.3 Å². The summed E-state index contributed by atoms with van der Waals surface area (Å²) in [6, 6.07) is 18.4. The Kier molecular flexibility index (Phi) is 4.95. The van der Waals surface area contributed by atoms with Crippen LogP contribution < -0.4 is 4.72 Å². The van der Waals surface area contributed by atoms with Gasteiger partial charge in [0.15, 0.2) is 0 Å². The first-order chi connectivity index (χ1) is 12.7. The van der Waals surface area contributed by atoms with Crippen LogP contribution in [0.3, 0.4) is 0 Å². The van der Waals surface area contributed by atoms with Crippen LogP contribution in [0.5, 0.6) is 0 Å². The van der Waals surface area contributed by atoms with Crippen molar-refractivity contribution in [3.8, 4) is 0 Å². The molecular weight excluding hydrogens is 360 g/mol. The number of H-pyrrole nitrogens is 1. The largest absolute Gasteiger partial charge is 0.342 e. The maximum Gasteiger partial charge on any atom is 0.143 e. The molecule has 0 aliphatic heterocycles. The second-order valence-corrected chi connectivity index (χ2v) is 8.87. The first kappa shape index (κ1) is 17.1. The van der Waals surface area contributed by atoms with Crippen molar-refractivity contribution < 1.29 is 0 Å². The summed E-state index contributed by atoms with van der Waals surface area (Å²) in [5.41, 5.74) is 2.11. The minimum atomic E-state index is -0.360. The molecule has 2 aromatic carbocycles. The highest BCUT2D eigenvalue weighted by Crippen LogP contribution is 2.23. The lowest BCUT2D eigenvalue weighted by Crippen LogP contribution is -2.11. The number of anilines is 1. The molecule has 0 amide bonds. The molecule has 0 saturated carbocycles. The molecule has 2 unspecified atom stereocenters. The van der Waals surface area contributed by atoms with Gasteiger partial charge in [0.05, 0.1) is 11.0 Å². The van der Waals surface area contributed by atoms with Crippen LogP contribution in [0.25, 0.3) is 21.8 Å². The molecule has 4 nitrogen and oxygen atoms in total. The normalized spacial score (nSPS) is 13.7. The fourth-order valence-electron chi connectivity index (χ4n) is 2.99. The Morgan fingerprint density at radius 1 is 1.12 bits per heavy atom. The molecule has 2 aromatic heterocycles. The molecule has 0 spiro atoms.